The first kappa shape index (κ1) is 7.71. The SMILES string of the molecule is C=C/C=C\C(C#N)=C/C. The molecule has 0 atom stereocenters. The Labute approximate surface area is 55.6 Å². The second-order valence-corrected chi connectivity index (χ2v) is 1.45. The number of allylic oxidation sites excluding steroid dienone is 5. The van der Waals surface area contributed by atoms with Crippen LogP contribution in [-0.2, 0) is 0 Å². The average Bonchev–Trinajstić information content (AvgIpc) is 1.91. The monoisotopic (exact) mass is 119 g/mol. The third-order valence-electron chi connectivity index (χ3n) is 0.852. The normalized spacial score (nSPS) is 11.3. The molecule has 0 heterocycles. The van der Waals surface area contributed by atoms with Gasteiger partial charge in [0, 0.05) is 5.57 Å². The van der Waals surface area contributed by atoms with Crippen LogP contribution in [0.3, 0.4) is 0 Å². The van der Waals surface area contributed by atoms with Crippen LogP contribution in [0.25, 0.3) is 0 Å². The Kier molecular flexibility index (Phi) is 4.16. The van der Waals surface area contributed by atoms with Crippen LogP contribution in [-0.4, -0.2) is 0 Å². The maximum absolute atomic E-state index is 8.35. The fourth-order valence-corrected chi connectivity index (χ4v) is 0.370. The predicted octanol–water partition coefficient (Wildman–Crippen LogP) is 2.20. The van der Waals surface area contributed by atoms with E-state index in [0.717, 1.165) is 0 Å². The maximum Gasteiger partial charge on any atom is 0.0988 e. The molecule has 9 heavy (non-hydrogen) atoms. The molecular weight excluding hydrogens is 110 g/mol. The minimum absolute atomic E-state index is 0.662. The van der Waals surface area contributed by atoms with Crippen LogP contribution in [0.2, 0.25) is 0 Å². The summed E-state index contributed by atoms with van der Waals surface area (Å²) in [5.41, 5.74) is 0.662. The molecule has 0 aromatic carbocycles. The summed E-state index contributed by atoms with van der Waals surface area (Å²) in [4.78, 5) is 0. The number of nitriles is 1. The first-order valence-electron chi connectivity index (χ1n) is 2.70. The van der Waals surface area contributed by atoms with E-state index in [9.17, 15) is 0 Å². The highest BCUT2D eigenvalue weighted by atomic mass is 14.2. The summed E-state index contributed by atoms with van der Waals surface area (Å²) in [6.45, 7) is 5.30. The quantitative estimate of drug-likeness (QED) is 0.404. The van der Waals surface area contributed by atoms with Crippen molar-refractivity contribution in [1.29, 1.82) is 5.26 Å². The molecule has 0 spiro atoms. The maximum atomic E-state index is 8.35. The lowest BCUT2D eigenvalue weighted by Gasteiger charge is -1.79. The summed E-state index contributed by atoms with van der Waals surface area (Å²) in [5.74, 6) is 0. The Morgan fingerprint density at radius 1 is 1.67 bits per heavy atom. The number of hydrogen-bond donors (Lipinski definition) is 0. The van der Waals surface area contributed by atoms with E-state index in [1.165, 1.54) is 0 Å². The summed E-state index contributed by atoms with van der Waals surface area (Å²) in [7, 11) is 0. The zero-order valence-corrected chi connectivity index (χ0v) is 5.46. The van der Waals surface area contributed by atoms with Crippen LogP contribution < -0.4 is 0 Å². The molecule has 0 saturated carbocycles. The average molecular weight is 119 g/mol. The Hall–Kier alpha value is -1.29. The highest BCUT2D eigenvalue weighted by molar-refractivity contribution is 5.33. The van der Waals surface area contributed by atoms with Crippen LogP contribution in [0.5, 0.6) is 0 Å². The Morgan fingerprint density at radius 3 is 2.67 bits per heavy atom. The smallest absolute Gasteiger partial charge is 0.0988 e. The molecule has 0 rings (SSSR count). The van der Waals surface area contributed by atoms with Crippen LogP contribution in [0, 0.1) is 11.3 Å². The fraction of sp³-hybridized carbons (Fsp3) is 0.125. The fourth-order valence-electron chi connectivity index (χ4n) is 0.370. The van der Waals surface area contributed by atoms with Gasteiger partial charge in [0.1, 0.15) is 0 Å². The first-order valence-corrected chi connectivity index (χ1v) is 2.70. The molecule has 46 valence electrons. The molecule has 0 amide bonds. The van der Waals surface area contributed by atoms with E-state index in [1.54, 1.807) is 24.3 Å². The minimum Gasteiger partial charge on any atom is -0.192 e. The molecule has 0 saturated heterocycles. The molecule has 0 unspecified atom stereocenters. The molecule has 0 aliphatic heterocycles. The van der Waals surface area contributed by atoms with Crippen LogP contribution in [0.4, 0.5) is 0 Å². The molecule has 1 nitrogen and oxygen atoms in total. The molecule has 0 aliphatic rings. The van der Waals surface area contributed by atoms with Gasteiger partial charge < -0.3 is 0 Å². The van der Waals surface area contributed by atoms with E-state index < -0.39 is 0 Å². The zero-order chi connectivity index (χ0) is 7.11. The van der Waals surface area contributed by atoms with Crippen molar-refractivity contribution in [3.8, 4) is 6.07 Å². The van der Waals surface area contributed by atoms with Crippen LogP contribution >= 0.6 is 0 Å². The lowest BCUT2D eigenvalue weighted by atomic mass is 10.2. The molecule has 0 bridgehead atoms. The zero-order valence-electron chi connectivity index (χ0n) is 5.46. The number of rotatable bonds is 2. The Balaban J connectivity index is 4.05. The van der Waals surface area contributed by atoms with E-state index in [-0.39, 0.29) is 0 Å². The van der Waals surface area contributed by atoms with Gasteiger partial charge in [-0.2, -0.15) is 5.26 Å². The first-order chi connectivity index (χ1) is 4.35. The third kappa shape index (κ3) is 3.31. The molecule has 1 heteroatoms. The van der Waals surface area contributed by atoms with E-state index in [2.05, 4.69) is 6.58 Å². The Bertz CT molecular complexity index is 179. The van der Waals surface area contributed by atoms with E-state index in [0.29, 0.717) is 5.57 Å². The highest BCUT2D eigenvalue weighted by Gasteiger charge is 1.79. The van der Waals surface area contributed by atoms with Crippen LogP contribution in [0.15, 0.2) is 36.5 Å². The van der Waals surface area contributed by atoms with E-state index in [4.69, 9.17) is 5.26 Å². The van der Waals surface area contributed by atoms with Crippen molar-refractivity contribution in [2.24, 2.45) is 0 Å². The van der Waals surface area contributed by atoms with Crippen molar-refractivity contribution >= 4 is 0 Å². The van der Waals surface area contributed by atoms with Crippen molar-refractivity contribution in [2.45, 2.75) is 6.92 Å². The van der Waals surface area contributed by atoms with E-state index in [1.807, 2.05) is 13.0 Å². The van der Waals surface area contributed by atoms with Crippen molar-refractivity contribution in [3.63, 3.8) is 0 Å². The van der Waals surface area contributed by atoms with Crippen LogP contribution in [0.1, 0.15) is 6.92 Å². The number of nitrogens with zero attached hydrogens (tertiary/aromatic N) is 1. The Morgan fingerprint density at radius 2 is 2.33 bits per heavy atom. The third-order valence-corrected chi connectivity index (χ3v) is 0.852. The molecule has 0 radical (unpaired) electrons. The second kappa shape index (κ2) is 4.86. The van der Waals surface area contributed by atoms with Gasteiger partial charge in [0.2, 0.25) is 0 Å². The summed E-state index contributed by atoms with van der Waals surface area (Å²) in [6.07, 6.45) is 6.84. The van der Waals surface area contributed by atoms with Gasteiger partial charge in [-0.25, -0.2) is 0 Å². The van der Waals surface area contributed by atoms with Gasteiger partial charge in [-0.05, 0) is 13.0 Å². The van der Waals surface area contributed by atoms with Gasteiger partial charge in [-0.15, -0.1) is 0 Å². The van der Waals surface area contributed by atoms with Gasteiger partial charge in [0.15, 0.2) is 0 Å². The molecule has 0 aromatic rings. The lowest BCUT2D eigenvalue weighted by Crippen LogP contribution is -1.65. The van der Waals surface area contributed by atoms with Crippen molar-refractivity contribution in [2.75, 3.05) is 0 Å². The number of hydrogen-bond acceptors (Lipinski definition) is 1. The largest absolute Gasteiger partial charge is 0.192 e. The van der Waals surface area contributed by atoms with Gasteiger partial charge >= 0.3 is 0 Å². The highest BCUT2D eigenvalue weighted by Crippen LogP contribution is 1.92. The molecular formula is C8H9N. The summed E-state index contributed by atoms with van der Waals surface area (Å²) >= 11 is 0. The molecule has 0 aliphatic carbocycles. The topological polar surface area (TPSA) is 23.8 Å². The summed E-state index contributed by atoms with van der Waals surface area (Å²) in [5, 5.41) is 8.35. The second-order valence-electron chi connectivity index (χ2n) is 1.45. The summed E-state index contributed by atoms with van der Waals surface area (Å²) < 4.78 is 0. The van der Waals surface area contributed by atoms with Crippen molar-refractivity contribution in [3.05, 3.63) is 36.5 Å². The minimum atomic E-state index is 0.662. The van der Waals surface area contributed by atoms with Crippen molar-refractivity contribution < 1.29 is 0 Å². The van der Waals surface area contributed by atoms with Gasteiger partial charge in [-0.1, -0.05) is 24.8 Å². The van der Waals surface area contributed by atoms with Crippen molar-refractivity contribution in [1.82, 2.24) is 0 Å². The van der Waals surface area contributed by atoms with Gasteiger partial charge in [-0.3, -0.25) is 0 Å². The van der Waals surface area contributed by atoms with E-state index >= 15 is 0 Å². The summed E-state index contributed by atoms with van der Waals surface area (Å²) in [6, 6.07) is 2.01. The molecule has 0 aromatic heterocycles. The molecule has 0 N–H and O–H groups in total. The van der Waals surface area contributed by atoms with Gasteiger partial charge in [0.05, 0.1) is 6.07 Å². The lowest BCUT2D eigenvalue weighted by molar-refractivity contribution is 1.48. The predicted molar refractivity (Wildman–Crippen MR) is 38.7 cm³/mol. The van der Waals surface area contributed by atoms with Gasteiger partial charge in [0.25, 0.3) is 0 Å². The molecule has 0 fully saturated rings. The standard InChI is InChI=1S/C8H9N/c1-3-5-6-8(4-2)7-9/h3-6H,1H2,2H3/b6-5-,8-4+.